The molecule has 0 aliphatic heterocycles. The molecule has 0 aliphatic carbocycles. The van der Waals surface area contributed by atoms with Gasteiger partial charge in [0.05, 0.1) is 17.7 Å². The third kappa shape index (κ3) is 5.35. The number of methoxy groups -OCH3 is 1. The van der Waals surface area contributed by atoms with Crippen LogP contribution in [0.25, 0.3) is 11.3 Å². The predicted octanol–water partition coefficient (Wildman–Crippen LogP) is 4.88. The van der Waals surface area contributed by atoms with Gasteiger partial charge in [-0.2, -0.15) is 4.31 Å². The van der Waals surface area contributed by atoms with Crippen molar-refractivity contribution in [2.75, 3.05) is 25.5 Å². The number of anilines is 1. The van der Waals surface area contributed by atoms with Gasteiger partial charge in [-0.05, 0) is 49.2 Å². The van der Waals surface area contributed by atoms with Crippen LogP contribution >= 0.6 is 11.3 Å². The lowest BCUT2D eigenvalue weighted by atomic mass is 10.1. The average Bonchev–Trinajstić information content (AvgIpc) is 3.27. The Kier molecular flexibility index (Phi) is 8.00. The van der Waals surface area contributed by atoms with Gasteiger partial charge in [0.1, 0.15) is 5.75 Å². The molecule has 1 aromatic heterocycles. The molecule has 0 saturated carbocycles. The van der Waals surface area contributed by atoms with Gasteiger partial charge in [-0.1, -0.05) is 26.0 Å². The highest BCUT2D eigenvalue weighted by Gasteiger charge is 2.23. The van der Waals surface area contributed by atoms with Gasteiger partial charge >= 0.3 is 0 Å². The highest BCUT2D eigenvalue weighted by Crippen LogP contribution is 2.32. The highest BCUT2D eigenvalue weighted by atomic mass is 32.2. The largest absolute Gasteiger partial charge is 0.496 e. The molecule has 3 rings (SSSR count). The molecule has 0 saturated heterocycles. The number of hydrogen-bond acceptors (Lipinski definition) is 6. The second-order valence-electron chi connectivity index (χ2n) is 7.12. The van der Waals surface area contributed by atoms with E-state index in [4.69, 9.17) is 4.74 Å². The van der Waals surface area contributed by atoms with E-state index in [9.17, 15) is 13.2 Å². The second kappa shape index (κ2) is 10.7. The van der Waals surface area contributed by atoms with Crippen LogP contribution in [0.3, 0.4) is 0 Å². The first kappa shape index (κ1) is 23.9. The summed E-state index contributed by atoms with van der Waals surface area (Å²) in [4.78, 5) is 17.3. The second-order valence-corrected chi connectivity index (χ2v) is 9.92. The van der Waals surface area contributed by atoms with Gasteiger partial charge in [-0.3, -0.25) is 10.1 Å². The molecule has 170 valence electrons. The molecule has 1 amide bonds. The maximum Gasteiger partial charge on any atom is 0.257 e. The van der Waals surface area contributed by atoms with Crippen LogP contribution in [-0.2, 0) is 10.0 Å². The lowest BCUT2D eigenvalue weighted by Crippen LogP contribution is -2.32. The number of ether oxygens (including phenoxy) is 1. The van der Waals surface area contributed by atoms with Crippen LogP contribution in [0.2, 0.25) is 0 Å². The molecule has 3 aromatic rings. The molecule has 0 unspecified atom stereocenters. The first-order chi connectivity index (χ1) is 15.4. The number of thiazole rings is 1. The summed E-state index contributed by atoms with van der Waals surface area (Å²) < 4.78 is 32.6. The quantitative estimate of drug-likeness (QED) is 0.453. The number of nitrogens with zero attached hydrogens (tertiary/aromatic N) is 2. The molecule has 1 heterocycles. The van der Waals surface area contributed by atoms with E-state index in [1.54, 1.807) is 7.11 Å². The SMILES string of the molecule is CCCN(CCC)S(=O)(=O)c1ccc(C(=O)Nc2nc(-c3ccccc3OC)cs2)cc1. The Morgan fingerprint density at radius 3 is 2.34 bits per heavy atom. The van der Waals surface area contributed by atoms with E-state index in [1.165, 1.54) is 39.9 Å². The van der Waals surface area contributed by atoms with Gasteiger partial charge < -0.3 is 4.74 Å². The number of nitrogens with one attached hydrogen (secondary N) is 1. The molecule has 0 atom stereocenters. The number of carbonyl (C=O) groups excluding carboxylic acids is 1. The van der Waals surface area contributed by atoms with Crippen molar-refractivity contribution in [3.05, 3.63) is 59.5 Å². The fourth-order valence-corrected chi connectivity index (χ4v) is 5.59. The Morgan fingerprint density at radius 2 is 1.72 bits per heavy atom. The zero-order chi connectivity index (χ0) is 23.1. The molecular formula is C23H27N3O4S2. The number of hydrogen-bond donors (Lipinski definition) is 1. The van der Waals surface area contributed by atoms with E-state index in [2.05, 4.69) is 10.3 Å². The van der Waals surface area contributed by atoms with Crippen molar-refractivity contribution in [1.29, 1.82) is 0 Å². The summed E-state index contributed by atoms with van der Waals surface area (Å²) in [6.07, 6.45) is 1.48. The summed E-state index contributed by atoms with van der Waals surface area (Å²) in [5.41, 5.74) is 1.90. The summed E-state index contributed by atoms with van der Waals surface area (Å²) in [6.45, 7) is 4.83. The molecule has 32 heavy (non-hydrogen) atoms. The number of rotatable bonds is 10. The van der Waals surface area contributed by atoms with Crippen LogP contribution in [0.1, 0.15) is 37.0 Å². The van der Waals surface area contributed by atoms with Gasteiger partial charge in [0.25, 0.3) is 5.91 Å². The van der Waals surface area contributed by atoms with Crippen molar-refractivity contribution >= 4 is 32.4 Å². The van der Waals surface area contributed by atoms with Crippen LogP contribution in [0.15, 0.2) is 58.8 Å². The number of para-hydroxylation sites is 1. The monoisotopic (exact) mass is 473 g/mol. The van der Waals surface area contributed by atoms with Crippen molar-refractivity contribution in [3.63, 3.8) is 0 Å². The molecule has 0 fully saturated rings. The third-order valence-corrected chi connectivity index (χ3v) is 7.48. The number of carbonyl (C=O) groups is 1. The molecular weight excluding hydrogens is 446 g/mol. The summed E-state index contributed by atoms with van der Waals surface area (Å²) in [5.74, 6) is 0.349. The maximum absolute atomic E-state index is 12.9. The fraction of sp³-hybridized carbons (Fsp3) is 0.304. The summed E-state index contributed by atoms with van der Waals surface area (Å²) in [5, 5.41) is 5.07. The topological polar surface area (TPSA) is 88.6 Å². The maximum atomic E-state index is 12.9. The van der Waals surface area contributed by atoms with Crippen molar-refractivity contribution in [3.8, 4) is 17.0 Å². The fourth-order valence-electron chi connectivity index (χ4n) is 3.26. The van der Waals surface area contributed by atoms with Crippen LogP contribution in [-0.4, -0.2) is 43.8 Å². The van der Waals surface area contributed by atoms with Gasteiger partial charge in [0.15, 0.2) is 5.13 Å². The summed E-state index contributed by atoms with van der Waals surface area (Å²) in [6, 6.07) is 13.5. The molecule has 1 N–H and O–H groups in total. The molecule has 0 radical (unpaired) electrons. The first-order valence-electron chi connectivity index (χ1n) is 10.4. The Balaban J connectivity index is 1.74. The summed E-state index contributed by atoms with van der Waals surface area (Å²) in [7, 11) is -1.98. The molecule has 0 aliphatic rings. The minimum atomic E-state index is -3.58. The van der Waals surface area contributed by atoms with E-state index in [0.717, 1.165) is 18.4 Å². The number of sulfonamides is 1. The summed E-state index contributed by atoms with van der Waals surface area (Å²) >= 11 is 1.31. The molecule has 0 bridgehead atoms. The third-order valence-electron chi connectivity index (χ3n) is 4.81. The van der Waals surface area contributed by atoms with E-state index < -0.39 is 10.0 Å². The average molecular weight is 474 g/mol. The van der Waals surface area contributed by atoms with Gasteiger partial charge in [0.2, 0.25) is 10.0 Å². The number of amides is 1. The zero-order valence-electron chi connectivity index (χ0n) is 18.4. The van der Waals surface area contributed by atoms with E-state index in [-0.39, 0.29) is 10.8 Å². The Hall–Kier alpha value is -2.75. The Labute approximate surface area is 193 Å². The zero-order valence-corrected chi connectivity index (χ0v) is 20.0. The van der Waals surface area contributed by atoms with Gasteiger partial charge in [-0.15, -0.1) is 11.3 Å². The lowest BCUT2D eigenvalue weighted by molar-refractivity contribution is 0.102. The van der Waals surface area contributed by atoms with Crippen molar-refractivity contribution < 1.29 is 17.9 Å². The first-order valence-corrected chi connectivity index (χ1v) is 12.7. The van der Waals surface area contributed by atoms with Crippen LogP contribution < -0.4 is 10.1 Å². The minimum Gasteiger partial charge on any atom is -0.496 e. The minimum absolute atomic E-state index is 0.184. The van der Waals surface area contributed by atoms with Crippen molar-refractivity contribution in [2.24, 2.45) is 0 Å². The number of aromatic nitrogens is 1. The Morgan fingerprint density at radius 1 is 1.06 bits per heavy atom. The molecule has 9 heteroatoms. The van der Waals surface area contributed by atoms with Crippen LogP contribution in [0.4, 0.5) is 5.13 Å². The van der Waals surface area contributed by atoms with Gasteiger partial charge in [0, 0.05) is 29.6 Å². The predicted molar refractivity (Wildman–Crippen MR) is 128 cm³/mol. The van der Waals surface area contributed by atoms with E-state index in [0.29, 0.717) is 35.2 Å². The van der Waals surface area contributed by atoms with Crippen LogP contribution in [0, 0.1) is 0 Å². The molecule has 2 aromatic carbocycles. The normalized spacial score (nSPS) is 11.5. The lowest BCUT2D eigenvalue weighted by Gasteiger charge is -2.21. The standard InChI is InChI=1S/C23H27N3O4S2/c1-4-14-26(15-5-2)32(28,29)18-12-10-17(11-13-18)22(27)25-23-24-20(16-31-23)19-8-6-7-9-21(19)30-3/h6-13,16H,4-5,14-15H2,1-3H3,(H,24,25,27). The van der Waals surface area contributed by atoms with E-state index in [1.807, 2.05) is 43.5 Å². The highest BCUT2D eigenvalue weighted by molar-refractivity contribution is 7.89. The Bertz CT molecular complexity index is 1150. The van der Waals surface area contributed by atoms with Crippen molar-refractivity contribution in [1.82, 2.24) is 9.29 Å². The smallest absolute Gasteiger partial charge is 0.257 e. The van der Waals surface area contributed by atoms with E-state index >= 15 is 0 Å². The van der Waals surface area contributed by atoms with Crippen molar-refractivity contribution in [2.45, 2.75) is 31.6 Å². The van der Waals surface area contributed by atoms with Crippen LogP contribution in [0.5, 0.6) is 5.75 Å². The molecule has 7 nitrogen and oxygen atoms in total. The number of benzene rings is 2. The van der Waals surface area contributed by atoms with Gasteiger partial charge in [-0.25, -0.2) is 13.4 Å². The molecule has 0 spiro atoms.